The van der Waals surface area contributed by atoms with Crippen LogP contribution < -0.4 is 5.32 Å². The molecule has 0 unspecified atom stereocenters. The summed E-state index contributed by atoms with van der Waals surface area (Å²) in [5.74, 6) is 0. The molecule has 0 heterocycles. The van der Waals surface area contributed by atoms with Crippen LogP contribution >= 0.6 is 0 Å². The van der Waals surface area contributed by atoms with Crippen LogP contribution in [0.2, 0.25) is 0 Å². The normalized spacial score (nSPS) is 12.5. The molecule has 0 aliphatic heterocycles. The summed E-state index contributed by atoms with van der Waals surface area (Å²) in [5.41, 5.74) is 2.06. The van der Waals surface area contributed by atoms with Gasteiger partial charge in [-0.25, -0.2) is 0 Å². The third-order valence-corrected chi connectivity index (χ3v) is 7.56. The second kappa shape index (κ2) is 14.2. The molecule has 1 heteroatoms. The fourth-order valence-corrected chi connectivity index (χ4v) is 5.42. The van der Waals surface area contributed by atoms with Crippen molar-refractivity contribution in [2.75, 3.05) is 0 Å². The van der Waals surface area contributed by atoms with Gasteiger partial charge < -0.3 is 5.32 Å². The molecule has 1 nitrogen and oxygen atoms in total. The van der Waals surface area contributed by atoms with Crippen LogP contribution in [0.4, 0.5) is 0 Å². The molecule has 0 spiro atoms. The second-order valence-corrected chi connectivity index (χ2v) is 8.84. The summed E-state index contributed by atoms with van der Waals surface area (Å²) in [6, 6.07) is 10.9. The molecule has 28 heavy (non-hydrogen) atoms. The first-order valence-corrected chi connectivity index (χ1v) is 12.4. The molecule has 162 valence electrons. The van der Waals surface area contributed by atoms with E-state index in [1.807, 2.05) is 0 Å². The topological polar surface area (TPSA) is 12.0 Å². The highest BCUT2D eigenvalue weighted by atomic mass is 15.0. The van der Waals surface area contributed by atoms with Gasteiger partial charge in [0.1, 0.15) is 0 Å². The van der Waals surface area contributed by atoms with Crippen LogP contribution in [0, 0.1) is 5.41 Å². The summed E-state index contributed by atoms with van der Waals surface area (Å²) < 4.78 is 0. The first-order valence-electron chi connectivity index (χ1n) is 12.4. The summed E-state index contributed by atoms with van der Waals surface area (Å²) >= 11 is 0. The van der Waals surface area contributed by atoms with Crippen LogP contribution in [0.5, 0.6) is 0 Å². The molecule has 0 fully saturated rings. The Bertz CT molecular complexity index is 470. The maximum atomic E-state index is 4.07. The number of benzene rings is 1. The van der Waals surface area contributed by atoms with E-state index in [9.17, 15) is 0 Å². The lowest BCUT2D eigenvalue weighted by Gasteiger charge is -2.51. The zero-order chi connectivity index (χ0) is 20.7. The van der Waals surface area contributed by atoms with Gasteiger partial charge in [-0.05, 0) is 43.1 Å². The predicted molar refractivity (Wildman–Crippen MR) is 127 cm³/mol. The van der Waals surface area contributed by atoms with Crippen molar-refractivity contribution in [3.8, 4) is 0 Å². The minimum Gasteiger partial charge on any atom is -0.307 e. The number of rotatable bonds is 17. The Balaban J connectivity index is 2.67. The Morgan fingerprint density at radius 1 is 0.643 bits per heavy atom. The van der Waals surface area contributed by atoms with E-state index in [4.69, 9.17) is 0 Å². The summed E-state index contributed by atoms with van der Waals surface area (Å²) in [5, 5.41) is 4.07. The van der Waals surface area contributed by atoms with Crippen molar-refractivity contribution in [1.29, 1.82) is 0 Å². The lowest BCUT2D eigenvalue weighted by Crippen LogP contribution is -2.57. The second-order valence-electron chi connectivity index (χ2n) is 8.84. The van der Waals surface area contributed by atoms with Gasteiger partial charge in [-0.2, -0.15) is 0 Å². The van der Waals surface area contributed by atoms with Gasteiger partial charge in [0.2, 0.25) is 0 Å². The van der Waals surface area contributed by atoms with Gasteiger partial charge in [0.25, 0.3) is 0 Å². The Morgan fingerprint density at radius 2 is 1.18 bits per heavy atom. The van der Waals surface area contributed by atoms with Gasteiger partial charge in [0, 0.05) is 12.1 Å². The first kappa shape index (κ1) is 25.2. The monoisotopic (exact) mass is 387 g/mol. The molecular weight excluding hydrogens is 338 g/mol. The highest BCUT2D eigenvalue weighted by Gasteiger charge is 2.45. The van der Waals surface area contributed by atoms with E-state index in [1.165, 1.54) is 89.0 Å². The van der Waals surface area contributed by atoms with Crippen molar-refractivity contribution in [3.63, 3.8) is 0 Å². The highest BCUT2D eigenvalue weighted by Crippen LogP contribution is 2.47. The quantitative estimate of drug-likeness (QED) is 0.264. The Morgan fingerprint density at radius 3 is 1.68 bits per heavy atom. The molecule has 1 N–H and O–H groups in total. The van der Waals surface area contributed by atoms with Crippen molar-refractivity contribution in [1.82, 2.24) is 5.32 Å². The van der Waals surface area contributed by atoms with Crippen LogP contribution in [0.3, 0.4) is 0 Å². The van der Waals surface area contributed by atoms with Crippen molar-refractivity contribution in [3.05, 3.63) is 35.9 Å². The van der Waals surface area contributed by atoms with Crippen LogP contribution in [0.15, 0.2) is 30.3 Å². The van der Waals surface area contributed by atoms with Crippen LogP contribution in [0.1, 0.15) is 124 Å². The van der Waals surface area contributed by atoms with E-state index < -0.39 is 0 Å². The average Bonchev–Trinajstić information content (AvgIpc) is 2.75. The molecule has 1 aromatic rings. The van der Waals surface area contributed by atoms with Crippen molar-refractivity contribution >= 4 is 0 Å². The minimum atomic E-state index is 0.244. The first-order chi connectivity index (χ1) is 13.6. The largest absolute Gasteiger partial charge is 0.307 e. The lowest BCUT2D eigenvalue weighted by atomic mass is 9.60. The number of hydrogen-bond donors (Lipinski definition) is 1. The molecule has 0 saturated heterocycles. The molecule has 0 atom stereocenters. The van der Waals surface area contributed by atoms with Gasteiger partial charge in [-0.3, -0.25) is 0 Å². The maximum Gasteiger partial charge on any atom is 0.0235 e. The number of nitrogens with one attached hydrogen (secondary N) is 1. The van der Waals surface area contributed by atoms with Crippen LogP contribution in [-0.2, 0) is 6.54 Å². The molecule has 0 aliphatic rings. The van der Waals surface area contributed by atoms with Crippen molar-refractivity contribution in [2.45, 2.75) is 130 Å². The summed E-state index contributed by atoms with van der Waals surface area (Å²) in [6.07, 6.45) is 17.7. The Labute approximate surface area is 177 Å². The van der Waals surface area contributed by atoms with E-state index in [-0.39, 0.29) is 5.54 Å². The van der Waals surface area contributed by atoms with Gasteiger partial charge >= 0.3 is 0 Å². The summed E-state index contributed by atoms with van der Waals surface area (Å²) in [4.78, 5) is 0. The summed E-state index contributed by atoms with van der Waals surface area (Å²) in [6.45, 7) is 12.9. The van der Waals surface area contributed by atoms with Gasteiger partial charge in [-0.15, -0.1) is 0 Å². The molecule has 0 aliphatic carbocycles. The Kier molecular flexibility index (Phi) is 12.8. The number of unbranched alkanes of at least 4 members (excludes halogenated alkanes) is 7. The van der Waals surface area contributed by atoms with E-state index >= 15 is 0 Å². The van der Waals surface area contributed by atoms with Crippen molar-refractivity contribution < 1.29 is 0 Å². The van der Waals surface area contributed by atoms with Gasteiger partial charge in [0.15, 0.2) is 0 Å². The summed E-state index contributed by atoms with van der Waals surface area (Å²) in [7, 11) is 0. The molecule has 0 aromatic heterocycles. The Hall–Kier alpha value is -0.820. The van der Waals surface area contributed by atoms with Gasteiger partial charge in [0.05, 0.1) is 0 Å². The third-order valence-electron chi connectivity index (χ3n) is 7.56. The van der Waals surface area contributed by atoms with E-state index in [2.05, 4.69) is 70.3 Å². The average molecular weight is 388 g/mol. The highest BCUT2D eigenvalue weighted by molar-refractivity contribution is 5.15. The van der Waals surface area contributed by atoms with E-state index in [0.29, 0.717) is 5.41 Å². The SMILES string of the molecule is CCCCCCCCCCC(CC)(CC)C(CC)(CC)NCc1ccccc1. The van der Waals surface area contributed by atoms with Gasteiger partial charge in [-0.1, -0.05) is 116 Å². The zero-order valence-electron chi connectivity index (χ0n) is 19.8. The lowest BCUT2D eigenvalue weighted by molar-refractivity contribution is 0.0450. The minimum absolute atomic E-state index is 0.244. The van der Waals surface area contributed by atoms with Crippen molar-refractivity contribution in [2.24, 2.45) is 5.41 Å². The van der Waals surface area contributed by atoms with Crippen LogP contribution in [-0.4, -0.2) is 5.54 Å². The third kappa shape index (κ3) is 7.21. The smallest absolute Gasteiger partial charge is 0.0235 e. The standard InChI is InChI=1S/C27H49N/c1-6-11-12-13-14-15-16-20-23-26(7-2,8-3)27(9-4,10-5)28-24-25-21-18-17-19-22-25/h17-19,21-22,28H,6-16,20,23-24H2,1-5H3. The molecule has 0 amide bonds. The zero-order valence-corrected chi connectivity index (χ0v) is 19.8. The molecule has 1 aromatic carbocycles. The van der Waals surface area contributed by atoms with Crippen LogP contribution in [0.25, 0.3) is 0 Å². The molecule has 0 bridgehead atoms. The molecular formula is C27H49N. The fourth-order valence-electron chi connectivity index (χ4n) is 5.42. The predicted octanol–water partition coefficient (Wildman–Crippen LogP) is 8.67. The maximum absolute atomic E-state index is 4.07. The van der Waals surface area contributed by atoms with E-state index in [0.717, 1.165) is 6.54 Å². The van der Waals surface area contributed by atoms with E-state index in [1.54, 1.807) is 0 Å². The fraction of sp³-hybridized carbons (Fsp3) is 0.778. The number of hydrogen-bond acceptors (Lipinski definition) is 1. The molecule has 1 rings (SSSR count). The molecule has 0 radical (unpaired) electrons. The molecule has 0 saturated carbocycles.